The number of halogens is 1. The molecule has 2 aliphatic heterocycles. The number of carbonyl (C=O) groups excluding carboxylic acids is 5. The molecule has 0 aliphatic carbocycles. The van der Waals surface area contributed by atoms with Crippen LogP contribution in [0.1, 0.15) is 38.2 Å². The molecule has 2 saturated heterocycles. The molecule has 2 aliphatic rings. The van der Waals surface area contributed by atoms with Crippen molar-refractivity contribution >= 4 is 29.7 Å². The highest BCUT2D eigenvalue weighted by atomic mass is 19.1. The highest BCUT2D eigenvalue weighted by molar-refractivity contribution is 6.04. The Kier molecular flexibility index (Phi) is 8.55. The molecule has 2 N–H and O–H groups in total. The minimum atomic E-state index is -0.708. The van der Waals surface area contributed by atoms with E-state index in [1.54, 1.807) is 21.9 Å². The first-order chi connectivity index (χ1) is 16.3. The van der Waals surface area contributed by atoms with Crippen molar-refractivity contribution < 1.29 is 28.4 Å². The van der Waals surface area contributed by atoms with Crippen LogP contribution in [0.15, 0.2) is 24.3 Å². The van der Waals surface area contributed by atoms with Crippen molar-refractivity contribution in [2.75, 3.05) is 32.7 Å². The van der Waals surface area contributed by atoms with Gasteiger partial charge in [-0.2, -0.15) is 0 Å². The standard InChI is InChI=1S/C23H30FN5O5/c1-2-3-18(26-23(34)25-14-16-4-6-17(24)7-5-16)22(33)28-12-10-27(11-13-28)21(32)15-29-19(30)8-9-20(29)31/h4-7,18H,2-3,8-15H2,1H3,(H2,25,26,34). The number of carbonyl (C=O) groups is 5. The number of hydrogen-bond donors (Lipinski definition) is 2. The fourth-order valence-electron chi connectivity index (χ4n) is 3.97. The molecule has 184 valence electrons. The molecule has 1 atom stereocenters. The summed E-state index contributed by atoms with van der Waals surface area (Å²) in [6.45, 7) is 3.02. The largest absolute Gasteiger partial charge is 0.338 e. The molecule has 3 rings (SSSR count). The van der Waals surface area contributed by atoms with Crippen LogP contribution in [0, 0.1) is 5.82 Å². The van der Waals surface area contributed by atoms with Gasteiger partial charge in [0.25, 0.3) is 0 Å². The molecule has 6 amide bonds. The van der Waals surface area contributed by atoms with Crippen LogP contribution in [0.5, 0.6) is 0 Å². The van der Waals surface area contributed by atoms with Gasteiger partial charge in [0.1, 0.15) is 18.4 Å². The summed E-state index contributed by atoms with van der Waals surface area (Å²) >= 11 is 0. The first-order valence-electron chi connectivity index (χ1n) is 11.5. The van der Waals surface area contributed by atoms with E-state index >= 15 is 0 Å². The van der Waals surface area contributed by atoms with E-state index in [0.29, 0.717) is 25.9 Å². The summed E-state index contributed by atoms with van der Waals surface area (Å²) in [7, 11) is 0. The summed E-state index contributed by atoms with van der Waals surface area (Å²) in [5.74, 6) is -1.58. The first kappa shape index (κ1) is 25.1. The number of hydrogen-bond acceptors (Lipinski definition) is 5. The number of likely N-dealkylation sites (tertiary alicyclic amines) is 1. The number of urea groups is 1. The smallest absolute Gasteiger partial charge is 0.315 e. The molecular weight excluding hydrogens is 445 g/mol. The Bertz CT molecular complexity index is 914. The summed E-state index contributed by atoms with van der Waals surface area (Å²) in [5.41, 5.74) is 0.730. The van der Waals surface area contributed by atoms with Gasteiger partial charge >= 0.3 is 6.03 Å². The van der Waals surface area contributed by atoms with Crippen LogP contribution in [0.25, 0.3) is 0 Å². The van der Waals surface area contributed by atoms with Crippen LogP contribution in [0.4, 0.5) is 9.18 Å². The third-order valence-corrected chi connectivity index (χ3v) is 5.94. The molecule has 34 heavy (non-hydrogen) atoms. The number of benzene rings is 1. The van der Waals surface area contributed by atoms with Gasteiger partial charge in [0.2, 0.25) is 23.6 Å². The second-order valence-corrected chi connectivity index (χ2v) is 8.37. The van der Waals surface area contributed by atoms with Gasteiger partial charge in [0.05, 0.1) is 0 Å². The SMILES string of the molecule is CCCC(NC(=O)NCc1ccc(F)cc1)C(=O)N1CCN(C(=O)CN2C(=O)CCC2=O)CC1. The van der Waals surface area contributed by atoms with Gasteiger partial charge in [-0.15, -0.1) is 0 Å². The molecule has 0 bridgehead atoms. The molecule has 0 saturated carbocycles. The van der Waals surface area contributed by atoms with Crippen molar-refractivity contribution in [2.45, 2.75) is 45.2 Å². The molecular formula is C23H30FN5O5. The van der Waals surface area contributed by atoms with Crippen molar-refractivity contribution in [3.05, 3.63) is 35.6 Å². The number of amides is 6. The molecule has 1 aromatic carbocycles. The zero-order valence-corrected chi connectivity index (χ0v) is 19.2. The normalized spacial score (nSPS) is 17.1. The predicted molar refractivity (Wildman–Crippen MR) is 120 cm³/mol. The average Bonchev–Trinajstić information content (AvgIpc) is 3.15. The number of piperazine rings is 1. The van der Waals surface area contributed by atoms with Crippen molar-refractivity contribution in [3.63, 3.8) is 0 Å². The van der Waals surface area contributed by atoms with Gasteiger partial charge in [-0.3, -0.25) is 24.1 Å². The number of rotatable bonds is 8. The van der Waals surface area contributed by atoms with E-state index < -0.39 is 12.1 Å². The zero-order valence-electron chi connectivity index (χ0n) is 19.2. The van der Waals surface area contributed by atoms with Crippen molar-refractivity contribution in [1.82, 2.24) is 25.3 Å². The van der Waals surface area contributed by atoms with Gasteiger partial charge in [0, 0.05) is 45.6 Å². The van der Waals surface area contributed by atoms with E-state index in [9.17, 15) is 28.4 Å². The number of imide groups is 1. The van der Waals surface area contributed by atoms with Crippen LogP contribution >= 0.6 is 0 Å². The average molecular weight is 476 g/mol. The number of nitrogens with zero attached hydrogens (tertiary/aromatic N) is 3. The Morgan fingerprint density at radius 3 is 2.15 bits per heavy atom. The summed E-state index contributed by atoms with van der Waals surface area (Å²) in [5, 5.41) is 5.38. The van der Waals surface area contributed by atoms with Crippen LogP contribution < -0.4 is 10.6 Å². The minimum Gasteiger partial charge on any atom is -0.338 e. The van der Waals surface area contributed by atoms with Gasteiger partial charge in [-0.1, -0.05) is 25.5 Å². The van der Waals surface area contributed by atoms with E-state index in [1.165, 1.54) is 12.1 Å². The van der Waals surface area contributed by atoms with Crippen LogP contribution in [0.2, 0.25) is 0 Å². The summed E-state index contributed by atoms with van der Waals surface area (Å²) in [6, 6.07) is 4.55. The molecule has 1 unspecified atom stereocenters. The second-order valence-electron chi connectivity index (χ2n) is 8.37. The van der Waals surface area contributed by atoms with Crippen LogP contribution in [0.3, 0.4) is 0 Å². The highest BCUT2D eigenvalue weighted by Crippen LogP contribution is 2.13. The summed E-state index contributed by atoms with van der Waals surface area (Å²) < 4.78 is 13.0. The van der Waals surface area contributed by atoms with E-state index in [1.807, 2.05) is 6.92 Å². The maximum atomic E-state index is 13.0. The van der Waals surface area contributed by atoms with Crippen molar-refractivity contribution in [3.8, 4) is 0 Å². The van der Waals surface area contributed by atoms with Gasteiger partial charge in [0.15, 0.2) is 0 Å². The maximum absolute atomic E-state index is 13.0. The second kappa shape index (κ2) is 11.6. The van der Waals surface area contributed by atoms with E-state index in [0.717, 1.165) is 10.5 Å². The molecule has 2 heterocycles. The minimum absolute atomic E-state index is 0.137. The predicted octanol–water partition coefficient (Wildman–Crippen LogP) is 0.613. The van der Waals surface area contributed by atoms with Gasteiger partial charge in [-0.25, -0.2) is 9.18 Å². The van der Waals surface area contributed by atoms with E-state index in [-0.39, 0.29) is 68.5 Å². The summed E-state index contributed by atoms with van der Waals surface area (Å²) in [6.07, 6.45) is 1.42. The Balaban J connectivity index is 1.47. The molecule has 0 aromatic heterocycles. The molecule has 11 heteroatoms. The zero-order chi connectivity index (χ0) is 24.7. The van der Waals surface area contributed by atoms with Gasteiger partial charge < -0.3 is 20.4 Å². The van der Waals surface area contributed by atoms with E-state index in [2.05, 4.69) is 10.6 Å². The fourth-order valence-corrected chi connectivity index (χ4v) is 3.97. The third kappa shape index (κ3) is 6.52. The first-order valence-corrected chi connectivity index (χ1v) is 11.5. The lowest BCUT2D eigenvalue weighted by molar-refractivity contribution is -0.147. The third-order valence-electron chi connectivity index (χ3n) is 5.94. The Morgan fingerprint density at radius 2 is 1.56 bits per heavy atom. The molecule has 10 nitrogen and oxygen atoms in total. The highest BCUT2D eigenvalue weighted by Gasteiger charge is 2.34. The topological polar surface area (TPSA) is 119 Å². The van der Waals surface area contributed by atoms with Crippen LogP contribution in [-0.2, 0) is 25.7 Å². The molecule has 2 fully saturated rings. The van der Waals surface area contributed by atoms with Crippen LogP contribution in [-0.4, -0.2) is 83.1 Å². The Labute approximate surface area is 197 Å². The summed E-state index contributed by atoms with van der Waals surface area (Å²) in [4.78, 5) is 65.5. The van der Waals surface area contributed by atoms with Crippen molar-refractivity contribution in [1.29, 1.82) is 0 Å². The maximum Gasteiger partial charge on any atom is 0.315 e. The Hall–Kier alpha value is -3.50. The molecule has 1 aromatic rings. The van der Waals surface area contributed by atoms with Gasteiger partial charge in [-0.05, 0) is 24.1 Å². The molecule has 0 radical (unpaired) electrons. The van der Waals surface area contributed by atoms with Crippen molar-refractivity contribution in [2.24, 2.45) is 0 Å². The van der Waals surface area contributed by atoms with E-state index in [4.69, 9.17) is 0 Å². The monoisotopic (exact) mass is 475 g/mol. The lowest BCUT2D eigenvalue weighted by Crippen LogP contribution is -2.57. The lowest BCUT2D eigenvalue weighted by Gasteiger charge is -2.37. The Morgan fingerprint density at radius 1 is 0.971 bits per heavy atom. The quantitative estimate of drug-likeness (QED) is 0.534. The number of nitrogens with one attached hydrogen (secondary N) is 2. The lowest BCUT2D eigenvalue weighted by atomic mass is 10.1. The fraction of sp³-hybridized carbons (Fsp3) is 0.522. The molecule has 0 spiro atoms.